The normalized spacial score (nSPS) is 12.3. The average Bonchev–Trinajstić information content (AvgIpc) is 2.23. The highest BCUT2D eigenvalue weighted by Crippen LogP contribution is 2.29. The summed E-state index contributed by atoms with van der Waals surface area (Å²) in [6, 6.07) is 1.37. The van der Waals surface area contributed by atoms with Gasteiger partial charge in [0.1, 0.15) is 12.0 Å². The molecular formula is C12H17NO2. The Balaban J connectivity index is 3.42. The van der Waals surface area contributed by atoms with Crippen LogP contribution in [0.3, 0.4) is 0 Å². The Morgan fingerprint density at radius 1 is 1.33 bits per heavy atom. The molecule has 1 aromatic carbocycles. The molecule has 82 valence electrons. The van der Waals surface area contributed by atoms with E-state index in [0.29, 0.717) is 0 Å². The van der Waals surface area contributed by atoms with Crippen molar-refractivity contribution in [2.45, 2.75) is 26.8 Å². The van der Waals surface area contributed by atoms with E-state index in [4.69, 9.17) is 10.5 Å². The van der Waals surface area contributed by atoms with Crippen LogP contribution in [0.4, 0.5) is 0 Å². The second-order valence-corrected chi connectivity index (χ2v) is 3.72. The van der Waals surface area contributed by atoms with Crippen LogP contribution in [-0.4, -0.2) is 13.4 Å². The van der Waals surface area contributed by atoms with Crippen molar-refractivity contribution in [3.63, 3.8) is 0 Å². The summed E-state index contributed by atoms with van der Waals surface area (Å²) in [4.78, 5) is 10.7. The first kappa shape index (κ1) is 11.7. The van der Waals surface area contributed by atoms with Crippen molar-refractivity contribution >= 4 is 6.29 Å². The van der Waals surface area contributed by atoms with Crippen LogP contribution in [-0.2, 0) is 4.79 Å². The van der Waals surface area contributed by atoms with Crippen LogP contribution in [0.1, 0.15) is 28.3 Å². The fourth-order valence-electron chi connectivity index (χ4n) is 1.86. The maximum Gasteiger partial charge on any atom is 0.141 e. The van der Waals surface area contributed by atoms with Crippen LogP contribution >= 0.6 is 0 Å². The molecule has 0 aromatic heterocycles. The number of aldehydes is 1. The molecule has 0 aliphatic carbocycles. The van der Waals surface area contributed by atoms with Gasteiger partial charge in [-0.2, -0.15) is 0 Å². The summed E-state index contributed by atoms with van der Waals surface area (Å²) in [5.41, 5.74) is 9.72. The minimum absolute atomic E-state index is 0.547. The van der Waals surface area contributed by atoms with Crippen molar-refractivity contribution in [2.24, 2.45) is 5.73 Å². The Bertz CT molecular complexity index is 386. The van der Waals surface area contributed by atoms with E-state index in [1.165, 1.54) is 0 Å². The molecule has 1 unspecified atom stereocenters. The molecule has 0 fully saturated rings. The number of carbonyl (C=O) groups is 1. The monoisotopic (exact) mass is 207 g/mol. The van der Waals surface area contributed by atoms with Gasteiger partial charge in [-0.25, -0.2) is 0 Å². The summed E-state index contributed by atoms with van der Waals surface area (Å²) in [7, 11) is 1.64. The zero-order chi connectivity index (χ0) is 11.6. The lowest BCUT2D eigenvalue weighted by Gasteiger charge is -2.17. The van der Waals surface area contributed by atoms with Gasteiger partial charge >= 0.3 is 0 Å². The lowest BCUT2D eigenvalue weighted by molar-refractivity contribution is -0.109. The average molecular weight is 207 g/mol. The van der Waals surface area contributed by atoms with Gasteiger partial charge in [0.15, 0.2) is 0 Å². The van der Waals surface area contributed by atoms with Gasteiger partial charge in [-0.1, -0.05) is 0 Å². The van der Waals surface area contributed by atoms with Crippen molar-refractivity contribution in [1.29, 1.82) is 0 Å². The number of methoxy groups -OCH3 is 1. The van der Waals surface area contributed by atoms with Gasteiger partial charge in [0.05, 0.1) is 13.2 Å². The summed E-state index contributed by atoms with van der Waals surface area (Å²) in [5.74, 6) is 0.840. The largest absolute Gasteiger partial charge is 0.496 e. The van der Waals surface area contributed by atoms with Crippen molar-refractivity contribution < 1.29 is 9.53 Å². The predicted molar refractivity (Wildman–Crippen MR) is 60.2 cm³/mol. The first-order chi connectivity index (χ1) is 7.02. The second-order valence-electron chi connectivity index (χ2n) is 3.72. The Hall–Kier alpha value is -1.35. The number of benzene rings is 1. The fourth-order valence-corrected chi connectivity index (χ4v) is 1.86. The summed E-state index contributed by atoms with van der Waals surface area (Å²) >= 11 is 0. The second kappa shape index (κ2) is 4.45. The molecule has 0 amide bonds. The maximum absolute atomic E-state index is 10.7. The van der Waals surface area contributed by atoms with Crippen LogP contribution in [0.15, 0.2) is 6.07 Å². The molecule has 1 atom stereocenters. The van der Waals surface area contributed by atoms with Crippen LogP contribution < -0.4 is 10.5 Å². The Morgan fingerprint density at radius 3 is 2.40 bits per heavy atom. The van der Waals surface area contributed by atoms with Crippen LogP contribution in [0, 0.1) is 20.8 Å². The molecule has 0 aliphatic heterocycles. The summed E-state index contributed by atoms with van der Waals surface area (Å²) in [6.45, 7) is 5.87. The molecule has 0 radical (unpaired) electrons. The predicted octanol–water partition coefficient (Wildman–Crippen LogP) is 1.82. The van der Waals surface area contributed by atoms with E-state index in [2.05, 4.69) is 0 Å². The minimum atomic E-state index is -0.547. The van der Waals surface area contributed by atoms with Gasteiger partial charge < -0.3 is 15.3 Å². The van der Waals surface area contributed by atoms with E-state index in [0.717, 1.165) is 34.3 Å². The Morgan fingerprint density at radius 2 is 1.93 bits per heavy atom. The number of nitrogens with two attached hydrogens (primary N) is 1. The lowest BCUT2D eigenvalue weighted by atomic mass is 9.93. The fraction of sp³-hybridized carbons (Fsp3) is 0.417. The number of carbonyl (C=O) groups excluding carboxylic acids is 1. The first-order valence-corrected chi connectivity index (χ1v) is 4.88. The van der Waals surface area contributed by atoms with E-state index in [1.807, 2.05) is 26.8 Å². The number of rotatable bonds is 3. The van der Waals surface area contributed by atoms with Crippen molar-refractivity contribution in [3.8, 4) is 5.75 Å². The van der Waals surface area contributed by atoms with E-state index in [-0.39, 0.29) is 0 Å². The molecule has 15 heavy (non-hydrogen) atoms. The lowest BCUT2D eigenvalue weighted by Crippen LogP contribution is -2.15. The SMILES string of the molecule is COc1cc(C)c(C(N)C=O)c(C)c1C. The zero-order valence-electron chi connectivity index (χ0n) is 9.63. The minimum Gasteiger partial charge on any atom is -0.496 e. The summed E-state index contributed by atoms with van der Waals surface area (Å²) in [6.07, 6.45) is 0.765. The number of hydrogen-bond acceptors (Lipinski definition) is 3. The van der Waals surface area contributed by atoms with Gasteiger partial charge in [0, 0.05) is 0 Å². The first-order valence-electron chi connectivity index (χ1n) is 4.88. The molecule has 3 heteroatoms. The number of aryl methyl sites for hydroxylation is 1. The summed E-state index contributed by atoms with van der Waals surface area (Å²) < 4.78 is 5.25. The molecule has 2 N–H and O–H groups in total. The van der Waals surface area contributed by atoms with E-state index >= 15 is 0 Å². The van der Waals surface area contributed by atoms with Crippen molar-refractivity contribution in [1.82, 2.24) is 0 Å². The third-order valence-corrected chi connectivity index (χ3v) is 2.81. The van der Waals surface area contributed by atoms with Crippen LogP contribution in [0.2, 0.25) is 0 Å². The van der Waals surface area contributed by atoms with Gasteiger partial charge in [-0.15, -0.1) is 0 Å². The highest BCUT2D eigenvalue weighted by molar-refractivity contribution is 5.65. The van der Waals surface area contributed by atoms with E-state index in [1.54, 1.807) is 7.11 Å². The van der Waals surface area contributed by atoms with Crippen molar-refractivity contribution in [3.05, 3.63) is 28.3 Å². The van der Waals surface area contributed by atoms with Crippen LogP contribution in [0.25, 0.3) is 0 Å². The highest BCUT2D eigenvalue weighted by Gasteiger charge is 2.15. The molecule has 0 aliphatic rings. The smallest absolute Gasteiger partial charge is 0.141 e. The molecule has 0 heterocycles. The van der Waals surface area contributed by atoms with Crippen molar-refractivity contribution in [2.75, 3.05) is 7.11 Å². The highest BCUT2D eigenvalue weighted by atomic mass is 16.5. The molecule has 0 saturated heterocycles. The van der Waals surface area contributed by atoms with Gasteiger partial charge in [-0.3, -0.25) is 0 Å². The van der Waals surface area contributed by atoms with Gasteiger partial charge in [0.2, 0.25) is 0 Å². The Labute approximate surface area is 90.2 Å². The molecular weight excluding hydrogens is 190 g/mol. The van der Waals surface area contributed by atoms with Crippen LogP contribution in [0.5, 0.6) is 5.75 Å². The maximum atomic E-state index is 10.7. The summed E-state index contributed by atoms with van der Waals surface area (Å²) in [5, 5.41) is 0. The van der Waals surface area contributed by atoms with Gasteiger partial charge in [-0.05, 0) is 49.1 Å². The molecule has 0 spiro atoms. The van der Waals surface area contributed by atoms with E-state index < -0.39 is 6.04 Å². The third-order valence-electron chi connectivity index (χ3n) is 2.81. The number of hydrogen-bond donors (Lipinski definition) is 1. The zero-order valence-corrected chi connectivity index (χ0v) is 9.63. The Kier molecular flexibility index (Phi) is 3.48. The molecule has 1 rings (SSSR count). The number of ether oxygens (including phenoxy) is 1. The quantitative estimate of drug-likeness (QED) is 0.769. The molecule has 0 bridgehead atoms. The standard InChI is InChI=1S/C12H17NO2/c1-7-5-11(15-4)8(2)9(3)12(7)10(13)6-14/h5-6,10H,13H2,1-4H3. The third kappa shape index (κ3) is 2.02. The van der Waals surface area contributed by atoms with E-state index in [9.17, 15) is 4.79 Å². The molecule has 1 aromatic rings. The van der Waals surface area contributed by atoms with Gasteiger partial charge in [0.25, 0.3) is 0 Å². The topological polar surface area (TPSA) is 52.3 Å². The molecule has 0 saturated carbocycles. The molecule has 3 nitrogen and oxygen atoms in total.